The summed E-state index contributed by atoms with van der Waals surface area (Å²) in [6, 6.07) is 17.8. The molecule has 2 unspecified atom stereocenters. The van der Waals surface area contributed by atoms with Gasteiger partial charge in [0.05, 0.1) is 13.2 Å². The van der Waals surface area contributed by atoms with Gasteiger partial charge in [0.15, 0.2) is 0 Å². The molecule has 1 saturated heterocycles. The van der Waals surface area contributed by atoms with E-state index in [2.05, 4.69) is 48.5 Å². The first-order chi connectivity index (χ1) is 9.95. The second kappa shape index (κ2) is 3.83. The van der Waals surface area contributed by atoms with Gasteiger partial charge in [0.1, 0.15) is 0 Å². The van der Waals surface area contributed by atoms with E-state index in [-0.39, 0.29) is 0 Å². The summed E-state index contributed by atoms with van der Waals surface area (Å²) in [6.45, 7) is 1.76. The molecule has 0 amide bonds. The van der Waals surface area contributed by atoms with Gasteiger partial charge in [-0.25, -0.2) is 0 Å². The van der Waals surface area contributed by atoms with E-state index in [9.17, 15) is 0 Å². The van der Waals surface area contributed by atoms with Crippen LogP contribution >= 0.6 is 0 Å². The lowest BCUT2D eigenvalue weighted by Gasteiger charge is -2.18. The monoisotopic (exact) mass is 260 g/mol. The minimum absolute atomic E-state index is 0.623. The van der Waals surface area contributed by atoms with Crippen molar-refractivity contribution >= 4 is 0 Å². The number of fused-ring (bicyclic) bond motifs is 6. The summed E-state index contributed by atoms with van der Waals surface area (Å²) < 4.78 is 5.58. The molecule has 2 aliphatic carbocycles. The lowest BCUT2D eigenvalue weighted by atomic mass is 9.86. The molecule has 0 N–H and O–H groups in total. The van der Waals surface area contributed by atoms with Crippen molar-refractivity contribution in [3.05, 3.63) is 70.8 Å². The van der Waals surface area contributed by atoms with Crippen LogP contribution < -0.4 is 0 Å². The summed E-state index contributed by atoms with van der Waals surface area (Å²) >= 11 is 0. The fourth-order valence-electron chi connectivity index (χ4n) is 4.11. The van der Waals surface area contributed by atoms with E-state index in [0.717, 1.165) is 19.6 Å². The molecular weight excluding hydrogens is 244 g/mol. The van der Waals surface area contributed by atoms with Crippen LogP contribution in [0.3, 0.4) is 0 Å². The first kappa shape index (κ1) is 10.9. The van der Waals surface area contributed by atoms with E-state index in [0.29, 0.717) is 11.8 Å². The predicted molar refractivity (Wildman–Crippen MR) is 79.8 cm³/mol. The minimum Gasteiger partial charge on any atom is -0.377 e. The van der Waals surface area contributed by atoms with Crippen molar-refractivity contribution in [3.8, 4) is 11.1 Å². The van der Waals surface area contributed by atoms with Crippen molar-refractivity contribution in [1.29, 1.82) is 0 Å². The molecule has 1 saturated carbocycles. The molecule has 2 fully saturated rings. The zero-order chi connectivity index (χ0) is 13.1. The molecule has 2 atom stereocenters. The highest BCUT2D eigenvalue weighted by Gasteiger charge is 2.52. The van der Waals surface area contributed by atoms with Gasteiger partial charge in [0.25, 0.3) is 0 Å². The first-order valence-corrected chi connectivity index (χ1v) is 7.43. The van der Waals surface area contributed by atoms with Crippen molar-refractivity contribution in [3.63, 3.8) is 0 Å². The molecule has 0 radical (unpaired) electrons. The van der Waals surface area contributed by atoms with Crippen LogP contribution in [0.1, 0.15) is 29.4 Å². The summed E-state index contributed by atoms with van der Waals surface area (Å²) in [4.78, 5) is 0. The minimum atomic E-state index is 0.623. The summed E-state index contributed by atoms with van der Waals surface area (Å²) in [5, 5.41) is 0. The predicted octanol–water partition coefficient (Wildman–Crippen LogP) is 4.26. The van der Waals surface area contributed by atoms with Crippen molar-refractivity contribution in [2.45, 2.75) is 18.3 Å². The van der Waals surface area contributed by atoms with Gasteiger partial charge >= 0.3 is 0 Å². The third-order valence-corrected chi connectivity index (χ3v) is 5.01. The van der Waals surface area contributed by atoms with Crippen LogP contribution in [0.2, 0.25) is 0 Å². The van der Waals surface area contributed by atoms with Crippen molar-refractivity contribution in [2.75, 3.05) is 13.2 Å². The molecular formula is C19H16O. The van der Waals surface area contributed by atoms with Crippen molar-refractivity contribution in [1.82, 2.24) is 0 Å². The van der Waals surface area contributed by atoms with Gasteiger partial charge in [0.2, 0.25) is 0 Å². The maximum absolute atomic E-state index is 5.58. The Balaban J connectivity index is 1.78. The molecule has 1 heterocycles. The van der Waals surface area contributed by atoms with E-state index in [1.165, 1.54) is 22.3 Å². The zero-order valence-electron chi connectivity index (χ0n) is 11.3. The van der Waals surface area contributed by atoms with E-state index in [1.807, 2.05) is 0 Å². The Hall–Kier alpha value is -1.86. The maximum Gasteiger partial charge on any atom is 0.0680 e. The van der Waals surface area contributed by atoms with Crippen molar-refractivity contribution < 1.29 is 4.74 Å². The molecule has 0 spiro atoms. The second-order valence-electron chi connectivity index (χ2n) is 5.99. The summed E-state index contributed by atoms with van der Waals surface area (Å²) in [5.74, 6) is 1.25. The normalized spacial score (nSPS) is 26.0. The zero-order valence-corrected chi connectivity index (χ0v) is 11.3. The van der Waals surface area contributed by atoms with Gasteiger partial charge in [-0.15, -0.1) is 0 Å². The van der Waals surface area contributed by atoms with Gasteiger partial charge in [-0.1, -0.05) is 54.1 Å². The quantitative estimate of drug-likeness (QED) is 0.643. The fourth-order valence-corrected chi connectivity index (χ4v) is 4.11. The maximum atomic E-state index is 5.58. The second-order valence-corrected chi connectivity index (χ2v) is 5.99. The van der Waals surface area contributed by atoms with E-state index in [4.69, 9.17) is 4.74 Å². The SMILES string of the molecule is c1ccc2c(c1)-c1ccccc1C1C(=C3CCOC3)C21. The number of allylic oxidation sites excluding steroid dienone is 1. The smallest absolute Gasteiger partial charge is 0.0680 e. The Bertz CT molecular complexity index is 679. The Labute approximate surface area is 118 Å². The van der Waals surface area contributed by atoms with Crippen LogP contribution in [0.25, 0.3) is 11.1 Å². The summed E-state index contributed by atoms with van der Waals surface area (Å²) in [6.07, 6.45) is 1.13. The molecule has 98 valence electrons. The number of ether oxygens (including phenoxy) is 1. The third kappa shape index (κ3) is 1.31. The molecule has 3 aliphatic rings. The molecule has 0 aromatic heterocycles. The molecule has 1 heteroatoms. The lowest BCUT2D eigenvalue weighted by Crippen LogP contribution is -1.98. The first-order valence-electron chi connectivity index (χ1n) is 7.43. The van der Waals surface area contributed by atoms with Crippen molar-refractivity contribution in [2.24, 2.45) is 0 Å². The molecule has 1 nitrogen and oxygen atoms in total. The van der Waals surface area contributed by atoms with Gasteiger partial charge in [0, 0.05) is 11.8 Å². The molecule has 1 aliphatic heterocycles. The van der Waals surface area contributed by atoms with Crippen LogP contribution in [-0.4, -0.2) is 13.2 Å². The Morgan fingerprint density at radius 3 is 1.95 bits per heavy atom. The van der Waals surface area contributed by atoms with Crippen LogP contribution in [0.5, 0.6) is 0 Å². The Kier molecular flexibility index (Phi) is 2.08. The van der Waals surface area contributed by atoms with Crippen LogP contribution in [-0.2, 0) is 4.74 Å². The number of rotatable bonds is 0. The summed E-state index contributed by atoms with van der Waals surface area (Å²) in [5.41, 5.74) is 9.11. The standard InChI is InChI=1S/C19H16O/c1-3-7-15-13(5-1)14-6-2-4-8-16(14)19-17(18(15)19)12-9-10-20-11-12/h1-8,18-19H,9-11H2. The number of benzene rings is 2. The van der Waals surface area contributed by atoms with E-state index >= 15 is 0 Å². The third-order valence-electron chi connectivity index (χ3n) is 5.01. The van der Waals surface area contributed by atoms with E-state index in [1.54, 1.807) is 11.1 Å². The molecule has 2 aromatic rings. The molecule has 20 heavy (non-hydrogen) atoms. The highest BCUT2D eigenvalue weighted by Crippen LogP contribution is 2.67. The number of hydrogen-bond donors (Lipinski definition) is 0. The van der Waals surface area contributed by atoms with Crippen LogP contribution in [0.15, 0.2) is 59.7 Å². The molecule has 5 rings (SSSR count). The van der Waals surface area contributed by atoms with Gasteiger partial charge in [-0.2, -0.15) is 0 Å². The lowest BCUT2D eigenvalue weighted by molar-refractivity contribution is 0.204. The highest BCUT2D eigenvalue weighted by molar-refractivity contribution is 5.82. The topological polar surface area (TPSA) is 9.23 Å². The van der Waals surface area contributed by atoms with Gasteiger partial charge < -0.3 is 4.74 Å². The van der Waals surface area contributed by atoms with Crippen LogP contribution in [0.4, 0.5) is 0 Å². The highest BCUT2D eigenvalue weighted by atomic mass is 16.5. The molecule has 2 aromatic carbocycles. The van der Waals surface area contributed by atoms with Crippen LogP contribution in [0, 0.1) is 0 Å². The molecule has 0 bridgehead atoms. The van der Waals surface area contributed by atoms with Gasteiger partial charge in [-0.3, -0.25) is 0 Å². The largest absolute Gasteiger partial charge is 0.377 e. The Morgan fingerprint density at radius 2 is 1.40 bits per heavy atom. The average Bonchev–Trinajstić information content (AvgIpc) is 3.03. The van der Waals surface area contributed by atoms with Gasteiger partial charge in [-0.05, 0) is 34.2 Å². The average molecular weight is 260 g/mol. The number of hydrogen-bond acceptors (Lipinski definition) is 1. The van der Waals surface area contributed by atoms with E-state index < -0.39 is 0 Å². The fraction of sp³-hybridized carbons (Fsp3) is 0.263. The Morgan fingerprint density at radius 1 is 0.800 bits per heavy atom. The summed E-state index contributed by atoms with van der Waals surface area (Å²) in [7, 11) is 0.